The first-order valence-electron chi connectivity index (χ1n) is 17.8. The van der Waals surface area contributed by atoms with Crippen LogP contribution < -0.4 is 10.2 Å². The molecule has 4 fully saturated rings. The second-order valence-corrected chi connectivity index (χ2v) is 15.5. The van der Waals surface area contributed by atoms with Crippen molar-refractivity contribution in [2.45, 2.75) is 68.5 Å². The van der Waals surface area contributed by atoms with Crippen molar-refractivity contribution in [1.82, 2.24) is 14.9 Å². The maximum atomic E-state index is 15.3. The Bertz CT molecular complexity index is 2110. The molecule has 0 bridgehead atoms. The number of hydrogen-bond donors (Lipinski definition) is 2. The zero-order valence-electron chi connectivity index (χ0n) is 28.9. The van der Waals surface area contributed by atoms with Crippen molar-refractivity contribution in [2.75, 3.05) is 12.5 Å². The molecule has 2 N–H and O–H groups in total. The molecule has 3 aliphatic carbocycles. The number of nitrogens with one attached hydrogen (secondary N) is 1. The van der Waals surface area contributed by atoms with Gasteiger partial charge in [0, 0.05) is 23.2 Å². The predicted octanol–water partition coefficient (Wildman–Crippen LogP) is 7.44. The average Bonchev–Trinajstić information content (AvgIpc) is 3.53. The summed E-state index contributed by atoms with van der Waals surface area (Å²) in [5.41, 5.74) is 1.30. The van der Waals surface area contributed by atoms with E-state index < -0.39 is 63.6 Å². The second-order valence-electron chi connectivity index (χ2n) is 14.7. The first kappa shape index (κ1) is 36.4. The minimum Gasteiger partial charge on any atom is -0.504 e. The van der Waals surface area contributed by atoms with Gasteiger partial charge in [0.05, 0.1) is 40.9 Å². The molecule has 5 aliphatic rings. The number of likely N-dealkylation sites (tertiary alicyclic amines) is 1. The summed E-state index contributed by atoms with van der Waals surface area (Å²) in [6, 6.07) is 11.6. The van der Waals surface area contributed by atoms with E-state index in [2.05, 4.69) is 10.4 Å². The van der Waals surface area contributed by atoms with Crippen molar-refractivity contribution < 1.29 is 42.2 Å². The number of hydrogen-bond acceptors (Lipinski definition) is 8. The third-order valence-corrected chi connectivity index (χ3v) is 12.6. The number of imide groups is 2. The Morgan fingerprint density at radius 2 is 1.67 bits per heavy atom. The van der Waals surface area contributed by atoms with Crippen molar-refractivity contribution >= 4 is 52.6 Å². The van der Waals surface area contributed by atoms with Gasteiger partial charge in [-0.05, 0) is 73.1 Å². The number of fused-ring (bicyclic) bond motifs is 4. The summed E-state index contributed by atoms with van der Waals surface area (Å²) in [6.07, 6.45) is 2.26. The number of alkyl halides is 3. The molecule has 4 amide bonds. The number of benzene rings is 2. The largest absolute Gasteiger partial charge is 0.504 e. The average molecular weight is 784 g/mol. The number of aromatic nitrogens is 1. The number of anilines is 1. The van der Waals surface area contributed by atoms with Gasteiger partial charge in [0.2, 0.25) is 11.8 Å². The third kappa shape index (κ3) is 5.48. The van der Waals surface area contributed by atoms with E-state index in [0.29, 0.717) is 34.0 Å². The van der Waals surface area contributed by atoms with E-state index in [4.69, 9.17) is 27.9 Å². The molecule has 282 valence electrons. The van der Waals surface area contributed by atoms with Crippen LogP contribution in [0.25, 0.3) is 0 Å². The lowest BCUT2D eigenvalue weighted by Gasteiger charge is -2.50. The molecule has 10 nitrogen and oxygen atoms in total. The van der Waals surface area contributed by atoms with Crippen LogP contribution in [0.15, 0.2) is 66.4 Å². The van der Waals surface area contributed by atoms with Crippen LogP contribution >= 0.6 is 23.2 Å². The van der Waals surface area contributed by atoms with E-state index in [1.54, 1.807) is 36.4 Å². The van der Waals surface area contributed by atoms with E-state index in [1.807, 2.05) is 6.08 Å². The number of allylic oxidation sites excluding steroid dienone is 2. The molecule has 2 saturated heterocycles. The number of methoxy groups -OCH3 is 1. The Balaban J connectivity index is 1.30. The molecule has 0 spiro atoms. The highest BCUT2D eigenvalue weighted by Gasteiger charge is 2.70. The summed E-state index contributed by atoms with van der Waals surface area (Å²) in [7, 11) is 1.39. The lowest BCUT2D eigenvalue weighted by molar-refractivity contribution is -0.144. The SMILES string of the molecule is COc1ccc(C2C3=CCC4C(=O)N(C5CCCCC5)C(=O)C4C3CC3C(=O)N(Nc4ncc(C(F)(F)F)cc4Cl)C(=O)C32c2ccc(Cl)cc2)cc1O. The minimum absolute atomic E-state index is 0.00269. The summed E-state index contributed by atoms with van der Waals surface area (Å²) in [5.74, 6) is -6.59. The number of ether oxygens (including phenoxy) is 1. The van der Waals surface area contributed by atoms with Crippen LogP contribution in [-0.4, -0.2) is 56.8 Å². The molecule has 6 atom stereocenters. The molecule has 6 unspecified atom stereocenters. The molecule has 15 heteroatoms. The number of aromatic hydroxyl groups is 1. The van der Waals surface area contributed by atoms with Crippen LogP contribution in [0.5, 0.6) is 11.5 Å². The molecule has 1 aromatic heterocycles. The van der Waals surface area contributed by atoms with E-state index in [9.17, 15) is 32.7 Å². The number of phenolic OH excluding ortho intramolecular Hbond substituents is 1. The van der Waals surface area contributed by atoms with Crippen molar-refractivity contribution in [3.63, 3.8) is 0 Å². The normalized spacial score (nSPS) is 28.5. The summed E-state index contributed by atoms with van der Waals surface area (Å²) >= 11 is 12.6. The van der Waals surface area contributed by atoms with Gasteiger partial charge < -0.3 is 9.84 Å². The van der Waals surface area contributed by atoms with E-state index >= 15 is 4.79 Å². The van der Waals surface area contributed by atoms with Gasteiger partial charge >= 0.3 is 6.18 Å². The zero-order chi connectivity index (χ0) is 38.3. The predicted molar refractivity (Wildman–Crippen MR) is 190 cm³/mol. The molecular formula is C39H35Cl2F3N4O6. The van der Waals surface area contributed by atoms with Crippen molar-refractivity contribution in [2.24, 2.45) is 23.7 Å². The van der Waals surface area contributed by atoms with Crippen LogP contribution in [0.4, 0.5) is 19.0 Å². The van der Waals surface area contributed by atoms with Crippen LogP contribution in [0.1, 0.15) is 67.6 Å². The molecule has 3 aromatic rings. The molecular weight excluding hydrogens is 748 g/mol. The number of amides is 4. The van der Waals surface area contributed by atoms with Crippen molar-refractivity contribution in [3.8, 4) is 11.5 Å². The van der Waals surface area contributed by atoms with Crippen molar-refractivity contribution in [3.05, 3.63) is 93.1 Å². The van der Waals surface area contributed by atoms with Crippen LogP contribution in [-0.2, 0) is 30.8 Å². The van der Waals surface area contributed by atoms with E-state index in [0.717, 1.165) is 37.1 Å². The van der Waals surface area contributed by atoms with Crippen LogP contribution in [0.2, 0.25) is 10.0 Å². The lowest BCUT2D eigenvalue weighted by Crippen LogP contribution is -2.53. The number of halogens is 5. The Morgan fingerprint density at radius 1 is 0.944 bits per heavy atom. The number of carbonyl (C=O) groups is 4. The molecule has 2 saturated carbocycles. The fraction of sp³-hybridized carbons (Fsp3) is 0.410. The molecule has 8 rings (SSSR count). The highest BCUT2D eigenvalue weighted by Crippen LogP contribution is 2.64. The lowest BCUT2D eigenvalue weighted by atomic mass is 9.49. The monoisotopic (exact) mass is 782 g/mol. The first-order valence-corrected chi connectivity index (χ1v) is 18.6. The van der Waals surface area contributed by atoms with Gasteiger partial charge in [0.1, 0.15) is 0 Å². The number of pyridine rings is 1. The second kappa shape index (κ2) is 13.3. The number of nitrogens with zero attached hydrogens (tertiary/aromatic N) is 3. The maximum Gasteiger partial charge on any atom is 0.417 e. The Morgan fingerprint density at radius 3 is 2.31 bits per heavy atom. The minimum atomic E-state index is -4.74. The Labute approximate surface area is 318 Å². The van der Waals surface area contributed by atoms with Gasteiger partial charge in [0.25, 0.3) is 11.8 Å². The fourth-order valence-electron chi connectivity index (χ4n) is 9.77. The molecule has 3 heterocycles. The highest BCUT2D eigenvalue weighted by molar-refractivity contribution is 6.33. The first-order chi connectivity index (χ1) is 25.8. The maximum absolute atomic E-state index is 15.3. The molecule has 2 aliphatic heterocycles. The zero-order valence-corrected chi connectivity index (χ0v) is 30.4. The quantitative estimate of drug-likeness (QED) is 0.195. The Hall–Kier alpha value is -4.62. The molecule has 0 radical (unpaired) electrons. The van der Waals surface area contributed by atoms with E-state index in [1.165, 1.54) is 18.1 Å². The highest BCUT2D eigenvalue weighted by atomic mass is 35.5. The third-order valence-electron chi connectivity index (χ3n) is 12.1. The summed E-state index contributed by atoms with van der Waals surface area (Å²) < 4.78 is 45.7. The number of carbonyl (C=O) groups excluding carboxylic acids is 4. The van der Waals surface area contributed by atoms with Crippen LogP contribution in [0.3, 0.4) is 0 Å². The Kier molecular flexibility index (Phi) is 8.95. The summed E-state index contributed by atoms with van der Waals surface area (Å²) in [5, 5.41) is 11.7. The topological polar surface area (TPSA) is 129 Å². The molecule has 54 heavy (non-hydrogen) atoms. The van der Waals surface area contributed by atoms with Gasteiger partial charge in [-0.1, -0.05) is 72.3 Å². The van der Waals surface area contributed by atoms with Crippen LogP contribution in [0, 0.1) is 23.7 Å². The number of hydrazine groups is 1. The number of rotatable bonds is 6. The summed E-state index contributed by atoms with van der Waals surface area (Å²) in [4.78, 5) is 63.9. The fourth-order valence-corrected chi connectivity index (χ4v) is 10.1. The molecule has 2 aromatic carbocycles. The summed E-state index contributed by atoms with van der Waals surface area (Å²) in [6.45, 7) is 0. The van der Waals surface area contributed by atoms with Gasteiger partial charge in [-0.25, -0.2) is 4.98 Å². The smallest absolute Gasteiger partial charge is 0.417 e. The van der Waals surface area contributed by atoms with Gasteiger partial charge in [-0.3, -0.25) is 29.5 Å². The number of phenols is 1. The van der Waals surface area contributed by atoms with Gasteiger partial charge in [-0.15, -0.1) is 0 Å². The standard InChI is InChI=1S/C39H35Cl2F3N4O6/c1-54-30-14-7-19(15-29(30)49)32-24-12-13-25-31(36(52)47(34(25)50)23-5-3-2-4-6-23)26(24)17-27-35(51)48(37(53)38(27,32)20-8-10-22(40)11-9-20)46-33-28(41)16-21(18-45-33)39(42,43)44/h7-12,14-16,18,23,25-27,31-32,49H,2-6,13,17H2,1H3,(H,45,46). The van der Waals surface area contributed by atoms with Gasteiger partial charge in [-0.2, -0.15) is 18.2 Å². The van der Waals surface area contributed by atoms with E-state index in [-0.39, 0.29) is 48.0 Å². The van der Waals surface area contributed by atoms with Crippen molar-refractivity contribution in [1.29, 1.82) is 0 Å². The van der Waals surface area contributed by atoms with Gasteiger partial charge in [0.15, 0.2) is 17.3 Å².